The lowest BCUT2D eigenvalue weighted by Gasteiger charge is -2.19. The first-order valence-electron chi connectivity index (χ1n) is 13.5. The molecule has 2 amide bonds. The van der Waals surface area contributed by atoms with Crippen LogP contribution in [0, 0.1) is 5.92 Å². The molecule has 2 unspecified atom stereocenters. The highest BCUT2D eigenvalue weighted by Crippen LogP contribution is 2.50. The number of fused-ring (bicyclic) bond motifs is 3. The fourth-order valence-electron chi connectivity index (χ4n) is 4.95. The number of thioether (sulfide) groups is 1. The maximum absolute atomic E-state index is 13.6. The van der Waals surface area contributed by atoms with Crippen LogP contribution in [0.15, 0.2) is 29.1 Å². The number of hydrogen-bond donors (Lipinski definition) is 3. The quantitative estimate of drug-likeness (QED) is 0.348. The molecule has 0 saturated carbocycles. The van der Waals surface area contributed by atoms with Crippen molar-refractivity contribution < 1.29 is 23.8 Å². The Kier molecular flexibility index (Phi) is 11.1. The Hall–Kier alpha value is -3.40. The van der Waals surface area contributed by atoms with Gasteiger partial charge < -0.3 is 30.2 Å². The molecule has 3 rings (SSSR count). The molecule has 0 bridgehead atoms. The maximum Gasteiger partial charge on any atom is 0.242 e. The molecule has 0 radical (unpaired) electrons. The van der Waals surface area contributed by atoms with E-state index in [0.717, 1.165) is 22.4 Å². The largest absolute Gasteiger partial charge is 0.493 e. The Morgan fingerprint density at radius 2 is 1.80 bits per heavy atom. The van der Waals surface area contributed by atoms with Crippen LogP contribution in [0.2, 0.25) is 0 Å². The molecule has 1 aliphatic rings. The van der Waals surface area contributed by atoms with Crippen molar-refractivity contribution in [3.05, 3.63) is 45.6 Å². The summed E-state index contributed by atoms with van der Waals surface area (Å²) in [7, 11) is 4.68. The van der Waals surface area contributed by atoms with Crippen molar-refractivity contribution in [2.45, 2.75) is 52.1 Å². The Bertz CT molecular complexity index is 1280. The lowest BCUT2D eigenvalue weighted by Crippen LogP contribution is -2.42. The third kappa shape index (κ3) is 7.21. The molecule has 10 heteroatoms. The van der Waals surface area contributed by atoms with Gasteiger partial charge in [0.2, 0.25) is 23.0 Å². The highest BCUT2D eigenvalue weighted by Gasteiger charge is 2.30. The zero-order chi connectivity index (χ0) is 29.4. The van der Waals surface area contributed by atoms with Crippen LogP contribution in [-0.2, 0) is 16.0 Å². The van der Waals surface area contributed by atoms with Gasteiger partial charge in [-0.25, -0.2) is 0 Å². The number of aryl methyl sites for hydroxylation is 1. The molecule has 0 aliphatic heterocycles. The van der Waals surface area contributed by atoms with Crippen LogP contribution in [0.1, 0.15) is 50.8 Å². The van der Waals surface area contributed by atoms with E-state index >= 15 is 0 Å². The molecule has 218 valence electrons. The number of nitrogens with one attached hydrogen (secondary N) is 3. The van der Waals surface area contributed by atoms with Gasteiger partial charge in [0.1, 0.15) is 6.04 Å². The van der Waals surface area contributed by atoms with Crippen molar-refractivity contribution >= 4 is 29.3 Å². The minimum Gasteiger partial charge on any atom is -0.493 e. The van der Waals surface area contributed by atoms with E-state index in [9.17, 15) is 14.4 Å². The van der Waals surface area contributed by atoms with Crippen LogP contribution in [0.25, 0.3) is 11.1 Å². The molecule has 2 aromatic rings. The molecular weight excluding hydrogens is 530 g/mol. The summed E-state index contributed by atoms with van der Waals surface area (Å²) in [5, 5.41) is 9.21. The summed E-state index contributed by atoms with van der Waals surface area (Å²) in [5.74, 6) is 2.19. The maximum atomic E-state index is 13.6. The van der Waals surface area contributed by atoms with Crippen molar-refractivity contribution in [3.63, 3.8) is 0 Å². The first-order chi connectivity index (χ1) is 19.1. The summed E-state index contributed by atoms with van der Waals surface area (Å²) in [4.78, 5) is 38.8. The molecule has 2 aromatic carbocycles. The number of anilines is 1. The SMILES string of the molecule is COc1cc2c(c(OC)c1OC)-c1ccc(NC(CCSC)C(=O)NCC(C)C)c(=O)cc1C(NC(C)=O)CC2. The third-order valence-electron chi connectivity index (χ3n) is 6.86. The van der Waals surface area contributed by atoms with E-state index in [4.69, 9.17) is 14.2 Å². The van der Waals surface area contributed by atoms with Gasteiger partial charge in [0.05, 0.1) is 33.1 Å². The Labute approximate surface area is 240 Å². The number of rotatable bonds is 12. The van der Waals surface area contributed by atoms with E-state index < -0.39 is 12.1 Å². The molecule has 0 spiro atoms. The normalized spacial score (nSPS) is 14.8. The van der Waals surface area contributed by atoms with Crippen LogP contribution in [0.5, 0.6) is 17.2 Å². The third-order valence-corrected chi connectivity index (χ3v) is 7.50. The molecule has 2 atom stereocenters. The number of amides is 2. The van der Waals surface area contributed by atoms with Crippen LogP contribution >= 0.6 is 11.8 Å². The molecule has 1 aliphatic carbocycles. The van der Waals surface area contributed by atoms with Gasteiger partial charge in [-0.2, -0.15) is 11.8 Å². The molecule has 0 saturated heterocycles. The second-order valence-corrected chi connectivity index (χ2v) is 11.2. The summed E-state index contributed by atoms with van der Waals surface area (Å²) in [6, 6.07) is 6.05. The molecule has 0 heterocycles. The molecule has 9 nitrogen and oxygen atoms in total. The molecule has 0 fully saturated rings. The van der Waals surface area contributed by atoms with E-state index in [1.807, 2.05) is 32.2 Å². The average molecular weight is 572 g/mol. The van der Waals surface area contributed by atoms with Crippen LogP contribution in [0.3, 0.4) is 0 Å². The Morgan fingerprint density at radius 1 is 1.07 bits per heavy atom. The lowest BCUT2D eigenvalue weighted by molar-refractivity contribution is -0.122. The number of ether oxygens (including phenoxy) is 3. The Balaban J connectivity index is 2.20. The predicted octanol–water partition coefficient (Wildman–Crippen LogP) is 4.17. The molecule has 0 aromatic heterocycles. The lowest BCUT2D eigenvalue weighted by atomic mass is 9.95. The minimum atomic E-state index is -0.571. The van der Waals surface area contributed by atoms with E-state index in [2.05, 4.69) is 16.0 Å². The van der Waals surface area contributed by atoms with Crippen LogP contribution in [0.4, 0.5) is 5.69 Å². The van der Waals surface area contributed by atoms with Crippen LogP contribution in [-0.4, -0.2) is 57.7 Å². The summed E-state index contributed by atoms with van der Waals surface area (Å²) in [5.41, 5.74) is 3.16. The fourth-order valence-corrected chi connectivity index (χ4v) is 5.42. The van der Waals surface area contributed by atoms with Crippen LogP contribution < -0.4 is 35.6 Å². The van der Waals surface area contributed by atoms with Gasteiger partial charge in [-0.1, -0.05) is 19.9 Å². The predicted molar refractivity (Wildman–Crippen MR) is 161 cm³/mol. The smallest absolute Gasteiger partial charge is 0.242 e. The van der Waals surface area contributed by atoms with Crippen molar-refractivity contribution in [3.8, 4) is 28.4 Å². The van der Waals surface area contributed by atoms with E-state index in [1.165, 1.54) is 6.92 Å². The second kappa shape index (κ2) is 14.3. The highest BCUT2D eigenvalue weighted by atomic mass is 32.2. The first kappa shape index (κ1) is 31.1. The molecule has 40 heavy (non-hydrogen) atoms. The number of benzene rings is 1. The van der Waals surface area contributed by atoms with Crippen molar-refractivity contribution in [2.75, 3.05) is 45.2 Å². The standard InChI is InChI=1S/C30H41N3O6S/c1-17(2)16-31-30(36)24(12-13-40-7)33-23-11-9-20-21(15-25(23)35)22(32-18(3)34)10-8-19-14-26(37-4)28(38-5)29(39-6)27(19)20/h9,11,14-15,17,22,24H,8,10,12-13,16H2,1-7H3,(H,31,36)(H,32,34)(H,33,35). The van der Waals surface area contributed by atoms with E-state index in [0.29, 0.717) is 60.2 Å². The summed E-state index contributed by atoms with van der Waals surface area (Å²) >= 11 is 1.64. The first-order valence-corrected chi connectivity index (χ1v) is 14.8. The zero-order valence-electron chi connectivity index (χ0n) is 24.4. The summed E-state index contributed by atoms with van der Waals surface area (Å²) in [6.07, 6.45) is 3.73. The fraction of sp³-hybridized carbons (Fsp3) is 0.500. The van der Waals surface area contributed by atoms with E-state index in [1.54, 1.807) is 45.2 Å². The summed E-state index contributed by atoms with van der Waals surface area (Å²) < 4.78 is 17.1. The molecule has 3 N–H and O–H groups in total. The van der Waals surface area contributed by atoms with Gasteiger partial charge in [-0.05, 0) is 72.1 Å². The summed E-state index contributed by atoms with van der Waals surface area (Å²) in [6.45, 7) is 6.09. The number of carbonyl (C=O) groups excluding carboxylic acids is 2. The van der Waals surface area contributed by atoms with Gasteiger partial charge in [-0.3, -0.25) is 14.4 Å². The van der Waals surface area contributed by atoms with E-state index in [-0.39, 0.29) is 17.2 Å². The number of hydrogen-bond acceptors (Lipinski definition) is 8. The van der Waals surface area contributed by atoms with Gasteiger partial charge in [-0.15, -0.1) is 0 Å². The van der Waals surface area contributed by atoms with Gasteiger partial charge in [0.25, 0.3) is 0 Å². The second-order valence-electron chi connectivity index (χ2n) is 10.2. The minimum absolute atomic E-state index is 0.143. The number of carbonyl (C=O) groups is 2. The van der Waals surface area contributed by atoms with Crippen molar-refractivity contribution in [1.82, 2.24) is 10.6 Å². The zero-order valence-corrected chi connectivity index (χ0v) is 25.3. The van der Waals surface area contributed by atoms with Crippen molar-refractivity contribution in [1.29, 1.82) is 0 Å². The average Bonchev–Trinajstić information content (AvgIpc) is 3.16. The van der Waals surface area contributed by atoms with Gasteiger partial charge in [0, 0.05) is 19.0 Å². The molecular formula is C30H41N3O6S. The van der Waals surface area contributed by atoms with Crippen molar-refractivity contribution in [2.24, 2.45) is 5.92 Å². The monoisotopic (exact) mass is 571 g/mol. The number of methoxy groups -OCH3 is 3. The Morgan fingerprint density at radius 3 is 2.40 bits per heavy atom. The highest BCUT2D eigenvalue weighted by molar-refractivity contribution is 7.98. The van der Waals surface area contributed by atoms with Gasteiger partial charge in [0.15, 0.2) is 11.5 Å². The topological polar surface area (TPSA) is 115 Å². The van der Waals surface area contributed by atoms with Gasteiger partial charge >= 0.3 is 0 Å².